The van der Waals surface area contributed by atoms with Gasteiger partial charge in [-0.1, -0.05) is 18.9 Å². The number of rotatable bonds is 4. The summed E-state index contributed by atoms with van der Waals surface area (Å²) in [6.07, 6.45) is 4.64. The highest BCUT2D eigenvalue weighted by atomic mass is 32.2. The van der Waals surface area contributed by atoms with Crippen molar-refractivity contribution < 1.29 is 9.50 Å². The average Bonchev–Trinajstić information content (AvgIpc) is 2.80. The molecule has 1 atom stereocenters. The van der Waals surface area contributed by atoms with E-state index in [-0.39, 0.29) is 5.82 Å². The maximum atomic E-state index is 13.8. The molecule has 0 radical (unpaired) electrons. The zero-order valence-electron chi connectivity index (χ0n) is 10.2. The molecule has 1 aromatic carbocycles. The van der Waals surface area contributed by atoms with Gasteiger partial charge < -0.3 is 5.11 Å². The second-order valence-corrected chi connectivity index (χ2v) is 5.89. The van der Waals surface area contributed by atoms with Gasteiger partial charge in [-0.15, -0.1) is 11.8 Å². The van der Waals surface area contributed by atoms with Crippen molar-refractivity contribution in [3.05, 3.63) is 29.6 Å². The van der Waals surface area contributed by atoms with Crippen LogP contribution in [0.25, 0.3) is 0 Å². The smallest absolute Gasteiger partial charge is 0.137 e. The molecule has 0 aromatic heterocycles. The highest BCUT2D eigenvalue weighted by molar-refractivity contribution is 7.99. The van der Waals surface area contributed by atoms with E-state index in [9.17, 15) is 9.50 Å². The first kappa shape index (κ1) is 12.9. The number of hydrogen-bond donors (Lipinski definition) is 1. The lowest BCUT2D eigenvalue weighted by Gasteiger charge is -2.10. The third-order valence-corrected chi connectivity index (χ3v) is 4.67. The van der Waals surface area contributed by atoms with Crippen molar-refractivity contribution in [2.45, 2.75) is 43.6 Å². The number of aliphatic hydroxyl groups is 1. The van der Waals surface area contributed by atoms with E-state index in [2.05, 4.69) is 0 Å². The van der Waals surface area contributed by atoms with Crippen molar-refractivity contribution in [2.24, 2.45) is 5.92 Å². The van der Waals surface area contributed by atoms with E-state index in [1.54, 1.807) is 24.8 Å². The first-order chi connectivity index (χ1) is 8.16. The summed E-state index contributed by atoms with van der Waals surface area (Å²) in [7, 11) is 0. The third-order valence-electron chi connectivity index (χ3n) is 3.39. The Kier molecular flexibility index (Phi) is 4.46. The fourth-order valence-electron chi connectivity index (χ4n) is 2.28. The highest BCUT2D eigenvalue weighted by Gasteiger charge is 2.16. The Hall–Kier alpha value is -0.540. The van der Waals surface area contributed by atoms with E-state index >= 15 is 0 Å². The summed E-state index contributed by atoms with van der Waals surface area (Å²) in [4.78, 5) is 0.710. The second-order valence-electron chi connectivity index (χ2n) is 4.83. The summed E-state index contributed by atoms with van der Waals surface area (Å²) < 4.78 is 13.8. The summed E-state index contributed by atoms with van der Waals surface area (Å²) in [5, 5.41) is 9.37. The minimum atomic E-state index is -0.599. The Labute approximate surface area is 106 Å². The SMILES string of the molecule is C[C@H](O)c1ccc(SCC2CCCC2)c(F)c1. The van der Waals surface area contributed by atoms with Crippen LogP contribution in [0.2, 0.25) is 0 Å². The van der Waals surface area contributed by atoms with Gasteiger partial charge in [0.15, 0.2) is 0 Å². The second kappa shape index (κ2) is 5.87. The zero-order chi connectivity index (χ0) is 12.3. The molecule has 1 aliphatic carbocycles. The van der Waals surface area contributed by atoms with E-state index in [0.29, 0.717) is 10.5 Å². The van der Waals surface area contributed by atoms with Gasteiger partial charge in [-0.3, -0.25) is 0 Å². The van der Waals surface area contributed by atoms with E-state index in [1.807, 2.05) is 6.07 Å². The molecule has 1 N–H and O–H groups in total. The van der Waals surface area contributed by atoms with Crippen LogP contribution in [-0.2, 0) is 0 Å². The van der Waals surface area contributed by atoms with Gasteiger partial charge in [-0.2, -0.15) is 0 Å². The van der Waals surface area contributed by atoms with Crippen molar-refractivity contribution in [1.29, 1.82) is 0 Å². The summed E-state index contributed by atoms with van der Waals surface area (Å²) >= 11 is 1.61. The Balaban J connectivity index is 1.96. The van der Waals surface area contributed by atoms with Crippen molar-refractivity contribution in [2.75, 3.05) is 5.75 Å². The van der Waals surface area contributed by atoms with Crippen LogP contribution in [-0.4, -0.2) is 10.9 Å². The number of benzene rings is 1. The molecule has 2 rings (SSSR count). The van der Waals surface area contributed by atoms with Gasteiger partial charge in [0.2, 0.25) is 0 Å². The van der Waals surface area contributed by atoms with Gasteiger partial charge in [0, 0.05) is 10.6 Å². The zero-order valence-corrected chi connectivity index (χ0v) is 11.0. The summed E-state index contributed by atoms with van der Waals surface area (Å²) in [5.41, 5.74) is 0.646. The molecule has 0 aliphatic heterocycles. The molecule has 0 saturated heterocycles. The molecule has 1 saturated carbocycles. The third kappa shape index (κ3) is 3.46. The van der Waals surface area contributed by atoms with E-state index in [4.69, 9.17) is 0 Å². The van der Waals surface area contributed by atoms with Gasteiger partial charge in [0.1, 0.15) is 5.82 Å². The van der Waals surface area contributed by atoms with E-state index in [1.165, 1.54) is 31.7 Å². The Morgan fingerprint density at radius 3 is 2.71 bits per heavy atom. The van der Waals surface area contributed by atoms with Crippen LogP contribution in [0.15, 0.2) is 23.1 Å². The topological polar surface area (TPSA) is 20.2 Å². The van der Waals surface area contributed by atoms with Crippen LogP contribution in [0.5, 0.6) is 0 Å². The van der Waals surface area contributed by atoms with Crippen LogP contribution >= 0.6 is 11.8 Å². The van der Waals surface area contributed by atoms with Crippen molar-refractivity contribution >= 4 is 11.8 Å². The first-order valence-electron chi connectivity index (χ1n) is 6.27. The van der Waals surface area contributed by atoms with Gasteiger partial charge in [0.05, 0.1) is 6.10 Å². The quantitative estimate of drug-likeness (QED) is 0.814. The molecule has 3 heteroatoms. The van der Waals surface area contributed by atoms with Crippen LogP contribution < -0.4 is 0 Å². The Bertz CT molecular complexity index is 372. The van der Waals surface area contributed by atoms with Crippen LogP contribution in [0.4, 0.5) is 4.39 Å². The summed E-state index contributed by atoms with van der Waals surface area (Å²) in [5.74, 6) is 1.58. The molecule has 0 heterocycles. The highest BCUT2D eigenvalue weighted by Crippen LogP contribution is 2.32. The lowest BCUT2D eigenvalue weighted by molar-refractivity contribution is 0.198. The fraction of sp³-hybridized carbons (Fsp3) is 0.571. The normalized spacial score (nSPS) is 18.5. The van der Waals surface area contributed by atoms with Gasteiger partial charge in [0.25, 0.3) is 0 Å². The lowest BCUT2D eigenvalue weighted by Crippen LogP contribution is -1.98. The largest absolute Gasteiger partial charge is 0.389 e. The van der Waals surface area contributed by atoms with Gasteiger partial charge in [-0.25, -0.2) is 4.39 Å². The van der Waals surface area contributed by atoms with Crippen LogP contribution in [0.3, 0.4) is 0 Å². The maximum Gasteiger partial charge on any atom is 0.137 e. The van der Waals surface area contributed by atoms with Crippen molar-refractivity contribution in [3.63, 3.8) is 0 Å². The molecule has 0 bridgehead atoms. The molecule has 17 heavy (non-hydrogen) atoms. The van der Waals surface area contributed by atoms with Crippen LogP contribution in [0.1, 0.15) is 44.3 Å². The van der Waals surface area contributed by atoms with Crippen molar-refractivity contribution in [3.8, 4) is 0 Å². The standard InChI is InChI=1S/C14H19FOS/c1-10(16)12-6-7-14(13(15)8-12)17-9-11-4-2-3-5-11/h6-8,10-11,16H,2-5,9H2,1H3/t10-/m0/s1. The number of thioether (sulfide) groups is 1. The minimum absolute atomic E-state index is 0.202. The average molecular weight is 254 g/mol. The van der Waals surface area contributed by atoms with Crippen LogP contribution in [0, 0.1) is 11.7 Å². The molecule has 1 aromatic rings. The maximum absolute atomic E-state index is 13.8. The molecule has 94 valence electrons. The number of aliphatic hydroxyl groups excluding tert-OH is 1. The fourth-order valence-corrected chi connectivity index (χ4v) is 3.39. The minimum Gasteiger partial charge on any atom is -0.389 e. The van der Waals surface area contributed by atoms with Gasteiger partial charge >= 0.3 is 0 Å². The summed E-state index contributed by atoms with van der Waals surface area (Å²) in [6, 6.07) is 5.05. The molecule has 1 nitrogen and oxygen atoms in total. The lowest BCUT2D eigenvalue weighted by atomic mass is 10.1. The molecule has 0 spiro atoms. The monoisotopic (exact) mass is 254 g/mol. The molecule has 0 unspecified atom stereocenters. The predicted octanol–water partition coefficient (Wildman–Crippen LogP) is 4.16. The predicted molar refractivity (Wildman–Crippen MR) is 69.7 cm³/mol. The molecular formula is C14H19FOS. The van der Waals surface area contributed by atoms with E-state index in [0.717, 1.165) is 11.7 Å². The van der Waals surface area contributed by atoms with Crippen molar-refractivity contribution in [1.82, 2.24) is 0 Å². The number of hydrogen-bond acceptors (Lipinski definition) is 2. The Morgan fingerprint density at radius 2 is 2.12 bits per heavy atom. The number of halogens is 1. The molecule has 0 amide bonds. The Morgan fingerprint density at radius 1 is 1.41 bits per heavy atom. The summed E-state index contributed by atoms with van der Waals surface area (Å²) in [6.45, 7) is 1.65. The van der Waals surface area contributed by atoms with E-state index < -0.39 is 6.10 Å². The molecule has 1 aliphatic rings. The molecule has 1 fully saturated rings. The van der Waals surface area contributed by atoms with Gasteiger partial charge in [-0.05, 0) is 43.4 Å². The first-order valence-corrected chi connectivity index (χ1v) is 7.25. The molecular weight excluding hydrogens is 235 g/mol.